The summed E-state index contributed by atoms with van der Waals surface area (Å²) in [6.45, 7) is 2.43. The monoisotopic (exact) mass is 250 g/mol. The van der Waals surface area contributed by atoms with Crippen LogP contribution in [0.2, 0.25) is 0 Å². The van der Waals surface area contributed by atoms with Crippen LogP contribution >= 0.6 is 0 Å². The van der Waals surface area contributed by atoms with Crippen molar-refractivity contribution in [3.63, 3.8) is 0 Å². The van der Waals surface area contributed by atoms with Gasteiger partial charge in [0.05, 0.1) is 0 Å². The molecule has 0 aromatic carbocycles. The van der Waals surface area contributed by atoms with E-state index in [-0.39, 0.29) is 24.3 Å². The van der Waals surface area contributed by atoms with Crippen LogP contribution in [0.5, 0.6) is 0 Å². The van der Waals surface area contributed by atoms with Gasteiger partial charge >= 0.3 is 5.97 Å². The Kier molecular flexibility index (Phi) is 6.49. The molecule has 1 rings (SSSR count). The molecule has 2 atom stereocenters. The van der Waals surface area contributed by atoms with Crippen molar-refractivity contribution < 1.29 is 14.3 Å². The van der Waals surface area contributed by atoms with E-state index in [9.17, 15) is 9.59 Å². The number of unbranched alkanes of at least 4 members (excludes halogenated alkanes) is 1. The summed E-state index contributed by atoms with van der Waals surface area (Å²) in [5.74, 6) is 3.06. The van der Waals surface area contributed by atoms with E-state index in [0.29, 0.717) is 31.6 Å². The largest absolute Gasteiger partial charge is 0.465 e. The molecule has 0 saturated heterocycles. The van der Waals surface area contributed by atoms with E-state index in [4.69, 9.17) is 11.2 Å². The summed E-state index contributed by atoms with van der Waals surface area (Å²) in [4.78, 5) is 23.1. The smallest absolute Gasteiger partial charge is 0.306 e. The van der Waals surface area contributed by atoms with Crippen LogP contribution < -0.4 is 0 Å². The molecule has 100 valence electrons. The Hall–Kier alpha value is -1.30. The van der Waals surface area contributed by atoms with Crippen LogP contribution in [0.25, 0.3) is 0 Å². The molecule has 1 saturated carbocycles. The van der Waals surface area contributed by atoms with Crippen molar-refractivity contribution in [2.24, 2.45) is 11.8 Å². The third-order valence-corrected chi connectivity index (χ3v) is 3.51. The van der Waals surface area contributed by atoms with Crippen LogP contribution in [0, 0.1) is 24.2 Å². The fourth-order valence-corrected chi connectivity index (χ4v) is 2.54. The number of Topliss-reactive ketones (excluding diaryl/α,β-unsaturated/α-hetero) is 1. The summed E-state index contributed by atoms with van der Waals surface area (Å²) < 4.78 is 5.04. The molecule has 18 heavy (non-hydrogen) atoms. The molecule has 0 aromatic rings. The molecule has 1 fully saturated rings. The maximum absolute atomic E-state index is 11.6. The minimum Gasteiger partial charge on any atom is -0.465 e. The van der Waals surface area contributed by atoms with Crippen LogP contribution in [0.4, 0.5) is 0 Å². The lowest BCUT2D eigenvalue weighted by atomic mass is 9.89. The predicted molar refractivity (Wildman–Crippen MR) is 69.8 cm³/mol. The number of hydrogen-bond acceptors (Lipinski definition) is 3. The van der Waals surface area contributed by atoms with Gasteiger partial charge in [0.15, 0.2) is 0 Å². The van der Waals surface area contributed by atoms with Crippen molar-refractivity contribution in [3.05, 3.63) is 0 Å². The number of carbonyl (C=O) groups excluding carboxylic acids is 2. The van der Waals surface area contributed by atoms with Crippen molar-refractivity contribution in [2.45, 2.75) is 51.9 Å². The molecule has 3 heteroatoms. The van der Waals surface area contributed by atoms with Crippen LogP contribution in [-0.2, 0) is 14.3 Å². The Morgan fingerprint density at radius 2 is 2.17 bits per heavy atom. The number of ketones is 1. The lowest BCUT2D eigenvalue weighted by Gasteiger charge is -2.17. The molecule has 0 heterocycles. The minimum absolute atomic E-state index is 0.183. The Morgan fingerprint density at radius 3 is 2.83 bits per heavy atom. The first kappa shape index (κ1) is 14.8. The third-order valence-electron chi connectivity index (χ3n) is 3.51. The van der Waals surface area contributed by atoms with Crippen molar-refractivity contribution >= 4 is 11.8 Å². The summed E-state index contributed by atoms with van der Waals surface area (Å²) in [7, 11) is 0. The van der Waals surface area contributed by atoms with Gasteiger partial charge in [-0.25, -0.2) is 0 Å². The summed E-state index contributed by atoms with van der Waals surface area (Å²) in [5.41, 5.74) is 0. The zero-order valence-electron chi connectivity index (χ0n) is 11.1. The highest BCUT2D eigenvalue weighted by Crippen LogP contribution is 2.35. The Labute approximate surface area is 109 Å². The first-order valence-corrected chi connectivity index (χ1v) is 6.78. The van der Waals surface area contributed by atoms with Crippen molar-refractivity contribution in [1.29, 1.82) is 0 Å². The summed E-state index contributed by atoms with van der Waals surface area (Å²) in [5, 5.41) is 0. The summed E-state index contributed by atoms with van der Waals surface area (Å²) in [6, 6.07) is 0. The van der Waals surface area contributed by atoms with E-state index < -0.39 is 0 Å². The van der Waals surface area contributed by atoms with Gasteiger partial charge in [-0.2, -0.15) is 0 Å². The average molecular weight is 250 g/mol. The van der Waals surface area contributed by atoms with E-state index in [0.717, 1.165) is 19.3 Å². The van der Waals surface area contributed by atoms with Crippen LogP contribution in [-0.4, -0.2) is 18.4 Å². The van der Waals surface area contributed by atoms with Gasteiger partial charge in [0.2, 0.25) is 0 Å². The average Bonchev–Trinajstić information content (AvgIpc) is 2.67. The van der Waals surface area contributed by atoms with Crippen LogP contribution in [0.3, 0.4) is 0 Å². The molecular formula is C15H22O3. The van der Waals surface area contributed by atoms with Crippen molar-refractivity contribution in [2.75, 3.05) is 6.61 Å². The highest BCUT2D eigenvalue weighted by atomic mass is 16.5. The van der Waals surface area contributed by atoms with Gasteiger partial charge in [-0.15, -0.1) is 12.3 Å². The quantitative estimate of drug-likeness (QED) is 0.396. The SMILES string of the molecule is C#CCCOC(=O)CC1CC(=O)CC1CCCC. The molecule has 1 aliphatic rings. The maximum atomic E-state index is 11.6. The molecule has 2 unspecified atom stereocenters. The van der Waals surface area contributed by atoms with Crippen LogP contribution in [0.15, 0.2) is 0 Å². The second kappa shape index (κ2) is 7.92. The summed E-state index contributed by atoms with van der Waals surface area (Å²) >= 11 is 0. The number of hydrogen-bond donors (Lipinski definition) is 0. The summed E-state index contributed by atoms with van der Waals surface area (Å²) in [6.07, 6.45) is 10.4. The van der Waals surface area contributed by atoms with E-state index in [1.54, 1.807) is 0 Å². The molecule has 3 nitrogen and oxygen atoms in total. The van der Waals surface area contributed by atoms with E-state index >= 15 is 0 Å². The number of rotatable bonds is 7. The molecule has 0 spiro atoms. The second-order valence-corrected chi connectivity index (χ2v) is 4.99. The number of carbonyl (C=O) groups is 2. The van der Waals surface area contributed by atoms with Gasteiger partial charge in [-0.05, 0) is 18.3 Å². The number of ether oxygens (including phenoxy) is 1. The molecule has 0 radical (unpaired) electrons. The molecule has 0 bridgehead atoms. The lowest BCUT2D eigenvalue weighted by molar-refractivity contribution is -0.144. The van der Waals surface area contributed by atoms with Crippen molar-refractivity contribution in [1.82, 2.24) is 0 Å². The van der Waals surface area contributed by atoms with E-state index in [1.807, 2.05) is 0 Å². The fourth-order valence-electron chi connectivity index (χ4n) is 2.54. The first-order chi connectivity index (χ1) is 8.67. The first-order valence-electron chi connectivity index (χ1n) is 6.78. The van der Waals surface area contributed by atoms with Gasteiger partial charge in [0.1, 0.15) is 12.4 Å². The maximum Gasteiger partial charge on any atom is 0.306 e. The van der Waals surface area contributed by atoms with Crippen LogP contribution in [0.1, 0.15) is 51.9 Å². The topological polar surface area (TPSA) is 43.4 Å². The zero-order chi connectivity index (χ0) is 13.4. The van der Waals surface area contributed by atoms with Crippen molar-refractivity contribution in [3.8, 4) is 12.3 Å². The Balaban J connectivity index is 2.36. The fraction of sp³-hybridized carbons (Fsp3) is 0.733. The Morgan fingerprint density at radius 1 is 1.44 bits per heavy atom. The van der Waals surface area contributed by atoms with Gasteiger partial charge in [-0.1, -0.05) is 19.8 Å². The van der Waals surface area contributed by atoms with Gasteiger partial charge in [0.25, 0.3) is 0 Å². The standard InChI is InChI=1S/C15H22O3/c1-3-5-7-12-9-14(16)10-13(12)11-15(17)18-8-6-4-2/h2,12-13H,3,5-11H2,1H3. The highest BCUT2D eigenvalue weighted by molar-refractivity contribution is 5.82. The number of esters is 1. The molecule has 0 amide bonds. The molecular weight excluding hydrogens is 228 g/mol. The normalized spacial score (nSPS) is 22.8. The molecule has 0 aromatic heterocycles. The van der Waals surface area contributed by atoms with Gasteiger partial charge in [0, 0.05) is 25.7 Å². The number of terminal acetylenes is 1. The van der Waals surface area contributed by atoms with E-state index in [1.165, 1.54) is 0 Å². The third kappa shape index (κ3) is 4.91. The minimum atomic E-state index is -0.216. The second-order valence-electron chi connectivity index (χ2n) is 4.99. The molecule has 0 N–H and O–H groups in total. The van der Waals surface area contributed by atoms with Gasteiger partial charge < -0.3 is 4.74 Å². The molecule has 1 aliphatic carbocycles. The highest BCUT2D eigenvalue weighted by Gasteiger charge is 2.33. The zero-order valence-corrected chi connectivity index (χ0v) is 11.1. The molecule has 0 aliphatic heterocycles. The van der Waals surface area contributed by atoms with E-state index in [2.05, 4.69) is 12.8 Å². The Bertz CT molecular complexity index is 327. The predicted octanol–water partition coefficient (Wildman–Crippen LogP) is 2.73. The van der Waals surface area contributed by atoms with Gasteiger partial charge in [-0.3, -0.25) is 9.59 Å². The lowest BCUT2D eigenvalue weighted by Crippen LogP contribution is -2.15.